The normalized spacial score (nSPS) is 32.1. The smallest absolute Gasteiger partial charge is 0.209 e. The zero-order chi connectivity index (χ0) is 36.1. The highest BCUT2D eigenvalue weighted by Gasteiger charge is 2.72. The third-order valence-electron chi connectivity index (χ3n) is 10.1. The largest absolute Gasteiger partial charge is 0.507 e. The van der Waals surface area contributed by atoms with Gasteiger partial charge in [0, 0.05) is 50.5 Å². The maximum atomic E-state index is 14.5. The van der Waals surface area contributed by atoms with Gasteiger partial charge in [-0.2, -0.15) is 0 Å². The number of aliphatic hydroxyl groups is 3. The molecule has 1 saturated heterocycles. The van der Waals surface area contributed by atoms with E-state index in [1.54, 1.807) is 6.92 Å². The number of rotatable bonds is 6. The van der Waals surface area contributed by atoms with Gasteiger partial charge in [-0.05, 0) is 38.0 Å². The van der Waals surface area contributed by atoms with Crippen molar-refractivity contribution in [2.24, 2.45) is 0 Å². The van der Waals surface area contributed by atoms with E-state index in [0.29, 0.717) is 0 Å². The van der Waals surface area contributed by atoms with Crippen molar-refractivity contribution in [2.45, 2.75) is 75.1 Å². The van der Waals surface area contributed by atoms with Gasteiger partial charge >= 0.3 is 0 Å². The maximum absolute atomic E-state index is 14.5. The number of carbonyl (C=O) groups is 5. The van der Waals surface area contributed by atoms with Crippen LogP contribution in [0.1, 0.15) is 82.3 Å². The minimum atomic E-state index is -3.17. The van der Waals surface area contributed by atoms with Crippen molar-refractivity contribution in [1.82, 2.24) is 5.32 Å². The molecule has 4 aliphatic rings. The van der Waals surface area contributed by atoms with Crippen molar-refractivity contribution in [1.29, 1.82) is 0 Å². The predicted molar refractivity (Wildman–Crippen MR) is 165 cm³/mol. The van der Waals surface area contributed by atoms with E-state index in [1.165, 1.54) is 27.2 Å². The number of phenolic OH excluding ortho intramolecular Hbond substituents is 2. The number of phenols is 2. The molecule has 1 heterocycles. The van der Waals surface area contributed by atoms with Crippen molar-refractivity contribution >= 4 is 28.9 Å². The lowest BCUT2D eigenvalue weighted by Crippen LogP contribution is -2.73. The summed E-state index contributed by atoms with van der Waals surface area (Å²) in [5.74, 6) is -7.05. The number of fused-ring (bicyclic) bond motifs is 5. The average Bonchev–Trinajstić information content (AvgIpc) is 3.02. The van der Waals surface area contributed by atoms with Crippen LogP contribution in [0.2, 0.25) is 0 Å². The molecule has 15 nitrogen and oxygen atoms in total. The molecule has 2 aromatic carbocycles. The van der Waals surface area contributed by atoms with Gasteiger partial charge in [0.15, 0.2) is 29.0 Å². The Labute approximate surface area is 279 Å². The maximum Gasteiger partial charge on any atom is 0.209 e. The monoisotopic (exact) mass is 681 g/mol. The molecule has 0 aromatic heterocycles. The molecule has 1 fully saturated rings. The van der Waals surface area contributed by atoms with Gasteiger partial charge in [0.25, 0.3) is 0 Å². The van der Waals surface area contributed by atoms with Crippen molar-refractivity contribution in [3.05, 3.63) is 68.4 Å². The summed E-state index contributed by atoms with van der Waals surface area (Å²) < 4.78 is 22.0. The summed E-state index contributed by atoms with van der Waals surface area (Å²) in [6.07, 6.45) is -6.43. The van der Waals surface area contributed by atoms with Crippen molar-refractivity contribution in [3.8, 4) is 11.5 Å². The van der Waals surface area contributed by atoms with E-state index in [4.69, 9.17) is 18.9 Å². The average molecular weight is 682 g/mol. The Hall–Kier alpha value is -4.35. The molecular formula is C34H35NO14. The first-order valence-electron chi connectivity index (χ1n) is 15.3. The second-order valence-corrected chi connectivity index (χ2v) is 12.7. The van der Waals surface area contributed by atoms with Crippen LogP contribution in [0.15, 0.2) is 23.9 Å². The Morgan fingerprint density at radius 2 is 1.61 bits per heavy atom. The van der Waals surface area contributed by atoms with Crippen LogP contribution >= 0.6 is 0 Å². The summed E-state index contributed by atoms with van der Waals surface area (Å²) in [5, 5.41) is 60.2. The van der Waals surface area contributed by atoms with Gasteiger partial charge in [0.05, 0.1) is 34.6 Å². The number of Topliss-reactive ketones (excluding diaryl/α,β-unsaturated/α-hetero) is 4. The summed E-state index contributed by atoms with van der Waals surface area (Å²) in [6, 6.07) is 2.26. The molecule has 0 spiro atoms. The molecule has 3 aliphatic carbocycles. The Balaban J connectivity index is 1.51. The Morgan fingerprint density at radius 1 is 0.959 bits per heavy atom. The highest BCUT2D eigenvalue weighted by molar-refractivity contribution is 6.31. The second kappa shape index (κ2) is 11.6. The first kappa shape index (κ1) is 34.5. The van der Waals surface area contributed by atoms with Gasteiger partial charge in [-0.1, -0.05) is 6.07 Å². The molecule has 0 bridgehead atoms. The molecule has 0 unspecified atom stereocenters. The third-order valence-corrected chi connectivity index (χ3v) is 10.1. The highest BCUT2D eigenvalue weighted by atomic mass is 16.6. The van der Waals surface area contributed by atoms with Gasteiger partial charge in [-0.25, -0.2) is 0 Å². The number of hydrogen-bond acceptors (Lipinski definition) is 15. The Bertz CT molecular complexity index is 1900. The van der Waals surface area contributed by atoms with Crippen LogP contribution in [0.5, 0.6) is 11.5 Å². The van der Waals surface area contributed by atoms with Crippen LogP contribution in [0, 0.1) is 6.92 Å². The number of nitrogens with one attached hydrogen (secondary N) is 1. The van der Waals surface area contributed by atoms with Gasteiger partial charge in [-0.3, -0.25) is 24.0 Å². The number of carbonyl (C=O) groups excluding carboxylic acids is 5. The minimum Gasteiger partial charge on any atom is -0.507 e. The zero-order valence-corrected chi connectivity index (χ0v) is 27.3. The molecule has 0 amide bonds. The van der Waals surface area contributed by atoms with E-state index < -0.39 is 123 Å². The fraction of sp³-hybridized carbons (Fsp3) is 0.441. The van der Waals surface area contributed by atoms with E-state index in [9.17, 15) is 49.5 Å². The Morgan fingerprint density at radius 3 is 2.20 bits per heavy atom. The van der Waals surface area contributed by atoms with Crippen molar-refractivity contribution in [3.63, 3.8) is 0 Å². The van der Waals surface area contributed by atoms with E-state index in [1.807, 2.05) is 0 Å². The molecule has 1 aliphatic heterocycles. The van der Waals surface area contributed by atoms with Crippen LogP contribution in [0.4, 0.5) is 0 Å². The van der Waals surface area contributed by atoms with Gasteiger partial charge in [-0.15, -0.1) is 0 Å². The number of ketones is 5. The SMILES string of the molecule is CO[C@@H]1[C@@H](O)[C@@H](OC)[C@@H](NC2=CC(=O)c3c(cc4c(c3O)C(=O)[C@]3(OC)[C@H](O)Cc5cc(C)c(C(C)=O)c(O)c5[C@]3(O)C4=O)C2=O)O[C@H]1C. The summed E-state index contributed by atoms with van der Waals surface area (Å²) in [5.41, 5.74) is -9.53. The summed E-state index contributed by atoms with van der Waals surface area (Å²) >= 11 is 0. The lowest BCUT2D eigenvalue weighted by atomic mass is 9.56. The van der Waals surface area contributed by atoms with E-state index in [-0.39, 0.29) is 22.4 Å². The van der Waals surface area contributed by atoms with Gasteiger partial charge in [0.1, 0.15) is 29.8 Å². The van der Waals surface area contributed by atoms with Crippen molar-refractivity contribution in [2.75, 3.05) is 21.3 Å². The zero-order valence-electron chi connectivity index (χ0n) is 27.3. The molecule has 0 radical (unpaired) electrons. The third kappa shape index (κ3) is 4.37. The number of aromatic hydroxyl groups is 2. The first-order valence-corrected chi connectivity index (χ1v) is 15.3. The minimum absolute atomic E-state index is 0.0439. The molecule has 15 heteroatoms. The van der Waals surface area contributed by atoms with E-state index in [0.717, 1.165) is 26.2 Å². The number of aliphatic hydroxyl groups excluding tert-OH is 2. The topological polar surface area (TPSA) is 235 Å². The number of methoxy groups -OCH3 is 3. The van der Waals surface area contributed by atoms with E-state index >= 15 is 0 Å². The fourth-order valence-electron chi connectivity index (χ4n) is 7.93. The molecule has 49 heavy (non-hydrogen) atoms. The molecule has 6 N–H and O–H groups in total. The summed E-state index contributed by atoms with van der Waals surface area (Å²) in [6.45, 7) is 4.27. The second-order valence-electron chi connectivity index (χ2n) is 12.7. The Kier molecular flexibility index (Phi) is 8.19. The highest BCUT2D eigenvalue weighted by Crippen LogP contribution is 2.56. The molecule has 260 valence electrons. The molecule has 8 atom stereocenters. The van der Waals surface area contributed by atoms with Crippen LogP contribution in [0.25, 0.3) is 0 Å². The molecule has 0 saturated carbocycles. The summed E-state index contributed by atoms with van der Waals surface area (Å²) in [4.78, 5) is 68.8. The molecule has 2 aromatic rings. The van der Waals surface area contributed by atoms with Crippen LogP contribution in [0.3, 0.4) is 0 Å². The fourth-order valence-corrected chi connectivity index (χ4v) is 7.93. The quantitative estimate of drug-likeness (QED) is 0.223. The number of hydrogen-bond donors (Lipinski definition) is 6. The van der Waals surface area contributed by atoms with Gasteiger partial charge < -0.3 is 49.8 Å². The lowest BCUT2D eigenvalue weighted by Gasteiger charge is -2.53. The number of ether oxygens (including phenoxy) is 4. The van der Waals surface area contributed by atoms with Crippen LogP contribution in [-0.4, -0.2) is 118 Å². The first-order chi connectivity index (χ1) is 23.0. The molecule has 6 rings (SSSR count). The number of benzene rings is 2. The summed E-state index contributed by atoms with van der Waals surface area (Å²) in [7, 11) is 3.61. The van der Waals surface area contributed by atoms with Gasteiger partial charge in [0.2, 0.25) is 17.3 Å². The van der Waals surface area contributed by atoms with Crippen LogP contribution in [-0.2, 0) is 31.0 Å². The number of allylic oxidation sites excluding steroid dienone is 2. The van der Waals surface area contributed by atoms with Crippen molar-refractivity contribution < 1.29 is 68.5 Å². The lowest BCUT2D eigenvalue weighted by molar-refractivity contribution is -0.236. The number of aryl methyl sites for hydroxylation is 1. The van der Waals surface area contributed by atoms with Crippen LogP contribution < -0.4 is 5.32 Å². The predicted octanol–water partition coefficient (Wildman–Crippen LogP) is 0.166. The standard InChI is InChI=1S/C34H35NO14/c1-11-7-14-8-19(38)34(48-6)31(44)22-16(30(43)33(34,45)23(14)26(41)20(11)12(2)36)9-15-21(25(22)40)18(37)10-17(24(15)39)35-32-29(47-5)27(42)28(46-4)13(3)49-32/h7,9-10,13,19,27-29,32,35,38,40-42,45H,8H2,1-6H3/t13-,19+,27+,28-,29+,32-,33-,34+/m0/s1. The van der Waals surface area contributed by atoms with E-state index in [2.05, 4.69) is 5.32 Å². The molecular weight excluding hydrogens is 646 g/mol.